The number of hydrogen-bond acceptors (Lipinski definition) is 1. The van der Waals surface area contributed by atoms with Crippen molar-refractivity contribution in [3.05, 3.63) is 6.92 Å². The maximum atomic E-state index is 9.87. The van der Waals surface area contributed by atoms with Crippen LogP contribution in [0, 0.1) is 6.92 Å². The zero-order valence-electron chi connectivity index (χ0n) is 4.40. The van der Waals surface area contributed by atoms with E-state index in [1.165, 1.54) is 0 Å². The van der Waals surface area contributed by atoms with Gasteiger partial charge in [-0.15, -0.1) is 0 Å². The second-order valence-electron chi connectivity index (χ2n) is 1.29. The lowest BCUT2D eigenvalue weighted by Crippen LogP contribution is -2.20. The van der Waals surface area contributed by atoms with Crippen LogP contribution in [0.1, 0.15) is 13.3 Å². The molecule has 2 heteroatoms. The monoisotopic (exact) mass is 99.1 g/mol. The fraction of sp³-hybridized carbons (Fsp3) is 0.600. The summed E-state index contributed by atoms with van der Waals surface area (Å²) in [6.45, 7) is 7.37. The van der Waals surface area contributed by atoms with Crippen molar-refractivity contribution in [1.82, 2.24) is 5.32 Å². The summed E-state index contributed by atoms with van der Waals surface area (Å²) in [6, 6.07) is 0. The van der Waals surface area contributed by atoms with Crippen LogP contribution in [0.3, 0.4) is 0 Å². The Balaban J connectivity index is 2.82. The van der Waals surface area contributed by atoms with E-state index in [1.54, 1.807) is 0 Å². The number of hydrogen-bond donors (Lipinski definition) is 1. The molecule has 0 heterocycles. The zero-order valence-corrected chi connectivity index (χ0v) is 4.40. The summed E-state index contributed by atoms with van der Waals surface area (Å²) in [5, 5.41) is 2.43. The zero-order chi connectivity index (χ0) is 5.70. The minimum atomic E-state index is -0.443. The minimum absolute atomic E-state index is 0.443. The molecule has 0 saturated heterocycles. The van der Waals surface area contributed by atoms with Crippen LogP contribution < -0.4 is 5.32 Å². The standard InChI is InChI=1S/C5H9NO/c1-3-4-6-5(2)7/h2H,3-4H2,1H3,(H,6,7). The molecule has 0 aromatic heterocycles. The summed E-state index contributed by atoms with van der Waals surface area (Å²) >= 11 is 0. The summed E-state index contributed by atoms with van der Waals surface area (Å²) in [5.74, 6) is -0.443. The molecule has 7 heavy (non-hydrogen) atoms. The van der Waals surface area contributed by atoms with Gasteiger partial charge in [0.25, 0.3) is 0 Å². The molecule has 0 fully saturated rings. The average Bonchev–Trinajstić information content (AvgIpc) is 1.61. The van der Waals surface area contributed by atoms with Crippen molar-refractivity contribution in [1.29, 1.82) is 0 Å². The van der Waals surface area contributed by atoms with Gasteiger partial charge in [0.1, 0.15) is 0 Å². The Kier molecular flexibility index (Phi) is 3.38. The molecule has 0 aliphatic heterocycles. The van der Waals surface area contributed by atoms with Crippen LogP contribution in [0.25, 0.3) is 0 Å². The van der Waals surface area contributed by atoms with Crippen molar-refractivity contribution >= 4 is 5.91 Å². The molecule has 40 valence electrons. The Hall–Kier alpha value is -0.530. The van der Waals surface area contributed by atoms with Crippen LogP contribution in [0.2, 0.25) is 0 Å². The molecular formula is C5H9NO. The van der Waals surface area contributed by atoms with E-state index in [2.05, 4.69) is 5.32 Å². The number of nitrogens with one attached hydrogen (secondary N) is 1. The molecule has 1 N–H and O–H groups in total. The molecule has 0 bridgehead atoms. The Bertz CT molecular complexity index is 61.1. The molecule has 0 aromatic rings. The first kappa shape index (κ1) is 6.47. The third-order valence-corrected chi connectivity index (χ3v) is 0.549. The van der Waals surface area contributed by atoms with Gasteiger partial charge in [-0.3, -0.25) is 4.79 Å². The highest BCUT2D eigenvalue weighted by molar-refractivity contribution is 5.79. The Labute approximate surface area is 43.9 Å². The SMILES string of the molecule is [CH]C(=O)NCCC. The Morgan fingerprint density at radius 3 is 2.57 bits per heavy atom. The van der Waals surface area contributed by atoms with Crippen LogP contribution in [0.15, 0.2) is 0 Å². The van der Waals surface area contributed by atoms with Crippen molar-refractivity contribution in [3.63, 3.8) is 0 Å². The van der Waals surface area contributed by atoms with Crippen LogP contribution in [-0.4, -0.2) is 12.5 Å². The van der Waals surface area contributed by atoms with Gasteiger partial charge >= 0.3 is 0 Å². The van der Waals surface area contributed by atoms with Crippen molar-refractivity contribution in [2.24, 2.45) is 0 Å². The van der Waals surface area contributed by atoms with Gasteiger partial charge < -0.3 is 5.32 Å². The highest BCUT2D eigenvalue weighted by Gasteiger charge is 1.83. The van der Waals surface area contributed by atoms with Gasteiger partial charge in [0.2, 0.25) is 5.91 Å². The van der Waals surface area contributed by atoms with E-state index < -0.39 is 5.91 Å². The molecule has 1 amide bonds. The highest BCUT2D eigenvalue weighted by atomic mass is 16.1. The van der Waals surface area contributed by atoms with Crippen molar-refractivity contribution in [2.45, 2.75) is 13.3 Å². The van der Waals surface area contributed by atoms with E-state index in [1.807, 2.05) is 6.92 Å². The lowest BCUT2D eigenvalue weighted by Gasteiger charge is -1.93. The summed E-state index contributed by atoms with van der Waals surface area (Å²) in [5.41, 5.74) is 0. The number of rotatable bonds is 2. The van der Waals surface area contributed by atoms with Gasteiger partial charge in [0, 0.05) is 6.54 Å². The van der Waals surface area contributed by atoms with Gasteiger partial charge in [-0.2, -0.15) is 0 Å². The largest absolute Gasteiger partial charge is 0.356 e. The second kappa shape index (κ2) is 3.65. The summed E-state index contributed by atoms with van der Waals surface area (Å²) in [6.07, 6.45) is 0.933. The van der Waals surface area contributed by atoms with Crippen molar-refractivity contribution < 1.29 is 4.79 Å². The molecule has 0 aliphatic carbocycles. The molecule has 0 spiro atoms. The van der Waals surface area contributed by atoms with E-state index in [9.17, 15) is 4.79 Å². The fourth-order valence-corrected chi connectivity index (χ4v) is 0.248. The third kappa shape index (κ3) is 5.47. The van der Waals surface area contributed by atoms with E-state index in [4.69, 9.17) is 6.92 Å². The predicted molar refractivity (Wildman–Crippen MR) is 27.6 cm³/mol. The summed E-state index contributed by atoms with van der Waals surface area (Å²) in [4.78, 5) is 9.87. The molecule has 2 radical (unpaired) electrons. The second-order valence-corrected chi connectivity index (χ2v) is 1.29. The smallest absolute Gasteiger partial charge is 0.224 e. The maximum Gasteiger partial charge on any atom is 0.224 e. The van der Waals surface area contributed by atoms with Gasteiger partial charge in [-0.25, -0.2) is 0 Å². The first-order valence-corrected chi connectivity index (χ1v) is 2.30. The summed E-state index contributed by atoms with van der Waals surface area (Å²) < 4.78 is 0. The number of carbonyl (C=O) groups is 1. The lowest BCUT2D eigenvalue weighted by molar-refractivity contribution is -0.116. The number of amides is 1. The molecule has 0 aliphatic rings. The Morgan fingerprint density at radius 1 is 1.86 bits per heavy atom. The van der Waals surface area contributed by atoms with Gasteiger partial charge in [-0.1, -0.05) is 6.92 Å². The minimum Gasteiger partial charge on any atom is -0.356 e. The normalized spacial score (nSPS) is 8.29. The average molecular weight is 99.1 g/mol. The fourth-order valence-electron chi connectivity index (χ4n) is 0.248. The molecule has 2 nitrogen and oxygen atoms in total. The van der Waals surface area contributed by atoms with Crippen LogP contribution in [0.5, 0.6) is 0 Å². The summed E-state index contributed by atoms with van der Waals surface area (Å²) in [7, 11) is 0. The molecule has 0 unspecified atom stereocenters. The van der Waals surface area contributed by atoms with E-state index in [-0.39, 0.29) is 0 Å². The van der Waals surface area contributed by atoms with E-state index >= 15 is 0 Å². The van der Waals surface area contributed by atoms with Crippen molar-refractivity contribution in [2.75, 3.05) is 6.54 Å². The third-order valence-electron chi connectivity index (χ3n) is 0.549. The predicted octanol–water partition coefficient (Wildman–Crippen LogP) is 0.224. The lowest BCUT2D eigenvalue weighted by atomic mass is 10.5. The van der Waals surface area contributed by atoms with Crippen LogP contribution in [0.4, 0.5) is 0 Å². The van der Waals surface area contributed by atoms with Gasteiger partial charge in [0.05, 0.1) is 6.92 Å². The molecular weight excluding hydrogens is 90.1 g/mol. The van der Waals surface area contributed by atoms with E-state index in [0.717, 1.165) is 6.42 Å². The molecule has 0 aromatic carbocycles. The maximum absolute atomic E-state index is 9.87. The van der Waals surface area contributed by atoms with Crippen LogP contribution in [-0.2, 0) is 4.79 Å². The van der Waals surface area contributed by atoms with Crippen molar-refractivity contribution in [3.8, 4) is 0 Å². The van der Waals surface area contributed by atoms with Gasteiger partial charge in [0.15, 0.2) is 0 Å². The van der Waals surface area contributed by atoms with E-state index in [0.29, 0.717) is 6.54 Å². The topological polar surface area (TPSA) is 29.1 Å². The highest BCUT2D eigenvalue weighted by Crippen LogP contribution is 1.67. The Morgan fingerprint density at radius 2 is 2.43 bits per heavy atom. The van der Waals surface area contributed by atoms with Crippen LogP contribution >= 0.6 is 0 Å². The first-order valence-electron chi connectivity index (χ1n) is 2.30. The molecule has 0 rings (SSSR count). The first-order chi connectivity index (χ1) is 3.27. The molecule has 0 saturated carbocycles. The van der Waals surface area contributed by atoms with Gasteiger partial charge in [-0.05, 0) is 6.42 Å². The number of carbonyl (C=O) groups excluding carboxylic acids is 1. The quantitative estimate of drug-likeness (QED) is 0.527. The molecule has 0 atom stereocenters.